The van der Waals surface area contributed by atoms with Crippen LogP contribution in [0.25, 0.3) is 0 Å². The number of nitrogens with one attached hydrogen (secondary N) is 1. The van der Waals surface area contributed by atoms with E-state index in [0.717, 1.165) is 45.3 Å². The Hall–Kier alpha value is -1.06. The molecule has 4 nitrogen and oxygen atoms in total. The molecule has 2 heterocycles. The third kappa shape index (κ3) is 2.95. The molecule has 1 spiro atoms. The highest BCUT2D eigenvalue weighted by Gasteiger charge is 2.45. The lowest BCUT2D eigenvalue weighted by molar-refractivity contribution is -0.145. The number of carbonyl (C=O) groups is 2. The Morgan fingerprint density at radius 3 is 2.43 bits per heavy atom. The van der Waals surface area contributed by atoms with Gasteiger partial charge in [0.2, 0.25) is 11.8 Å². The highest BCUT2D eigenvalue weighted by Crippen LogP contribution is 2.41. The van der Waals surface area contributed by atoms with Gasteiger partial charge >= 0.3 is 0 Å². The van der Waals surface area contributed by atoms with Crippen LogP contribution in [0, 0.1) is 10.8 Å². The van der Waals surface area contributed by atoms with Gasteiger partial charge in [0.25, 0.3) is 0 Å². The molecule has 0 aromatic carbocycles. The lowest BCUT2D eigenvalue weighted by Gasteiger charge is -2.43. The Bertz CT molecular complexity index is 427. The third-order valence-electron chi connectivity index (χ3n) is 5.87. The first kappa shape index (κ1) is 14.9. The zero-order chi connectivity index (χ0) is 14.9. The van der Waals surface area contributed by atoms with Gasteiger partial charge in [-0.25, -0.2) is 0 Å². The second-order valence-corrected chi connectivity index (χ2v) is 7.76. The number of rotatable bonds is 1. The number of carbonyl (C=O) groups excluding carboxylic acids is 2. The molecule has 1 N–H and O–H groups in total. The van der Waals surface area contributed by atoms with Crippen molar-refractivity contribution in [2.24, 2.45) is 10.8 Å². The topological polar surface area (TPSA) is 49.4 Å². The van der Waals surface area contributed by atoms with Crippen molar-refractivity contribution < 1.29 is 9.59 Å². The van der Waals surface area contributed by atoms with Gasteiger partial charge in [-0.15, -0.1) is 0 Å². The van der Waals surface area contributed by atoms with Crippen LogP contribution in [0.1, 0.15) is 64.7 Å². The molecule has 2 amide bonds. The fourth-order valence-corrected chi connectivity index (χ4v) is 4.53. The highest BCUT2D eigenvalue weighted by molar-refractivity contribution is 5.83. The van der Waals surface area contributed by atoms with Crippen LogP contribution in [0.2, 0.25) is 0 Å². The smallest absolute Gasteiger partial charge is 0.228 e. The minimum atomic E-state index is -0.162. The quantitative estimate of drug-likeness (QED) is 0.755. The molecular weight excluding hydrogens is 264 g/mol. The summed E-state index contributed by atoms with van der Waals surface area (Å²) < 4.78 is 0. The van der Waals surface area contributed by atoms with Crippen molar-refractivity contribution in [3.05, 3.63) is 0 Å². The summed E-state index contributed by atoms with van der Waals surface area (Å²) in [6.45, 7) is 4.58. The summed E-state index contributed by atoms with van der Waals surface area (Å²) in [5.41, 5.74) is -0.142. The molecule has 1 saturated carbocycles. The Kier molecular flexibility index (Phi) is 3.98. The van der Waals surface area contributed by atoms with Gasteiger partial charge in [0.1, 0.15) is 0 Å². The standard InChI is InChI=1S/C17H28N2O2/c1-16(7-4-2-3-5-8-16)15(21)19-10-6-9-17(13-19)11-14(20)18-12-17/h2-13H2,1H3,(H,18,20). The van der Waals surface area contributed by atoms with E-state index in [2.05, 4.69) is 17.1 Å². The van der Waals surface area contributed by atoms with E-state index in [1.807, 2.05) is 0 Å². The van der Waals surface area contributed by atoms with Crippen molar-refractivity contribution in [1.82, 2.24) is 10.2 Å². The Labute approximate surface area is 127 Å². The Morgan fingerprint density at radius 1 is 1.10 bits per heavy atom. The summed E-state index contributed by atoms with van der Waals surface area (Å²) >= 11 is 0. The van der Waals surface area contributed by atoms with E-state index in [1.165, 1.54) is 25.7 Å². The summed E-state index contributed by atoms with van der Waals surface area (Å²) in [4.78, 5) is 26.7. The van der Waals surface area contributed by atoms with E-state index in [-0.39, 0.29) is 16.7 Å². The molecule has 118 valence electrons. The molecule has 0 aromatic heterocycles. The van der Waals surface area contributed by atoms with E-state index in [4.69, 9.17) is 0 Å². The summed E-state index contributed by atoms with van der Waals surface area (Å²) in [5.74, 6) is 0.507. The van der Waals surface area contributed by atoms with Gasteiger partial charge < -0.3 is 10.2 Å². The largest absolute Gasteiger partial charge is 0.355 e. The van der Waals surface area contributed by atoms with Crippen LogP contribution in [0.15, 0.2) is 0 Å². The first-order valence-electron chi connectivity index (χ1n) is 8.59. The number of nitrogens with zero attached hydrogens (tertiary/aromatic N) is 1. The molecule has 4 heteroatoms. The molecule has 2 aliphatic heterocycles. The minimum absolute atomic E-state index is 0.0199. The van der Waals surface area contributed by atoms with E-state index < -0.39 is 0 Å². The SMILES string of the molecule is CC1(C(=O)N2CCCC3(CNC(=O)C3)C2)CCCCCC1. The molecular formula is C17H28N2O2. The van der Waals surface area contributed by atoms with Gasteiger partial charge in [-0.3, -0.25) is 9.59 Å². The molecule has 3 fully saturated rings. The summed E-state index contributed by atoms with van der Waals surface area (Å²) in [6.07, 6.45) is 9.69. The normalized spacial score (nSPS) is 32.8. The fourth-order valence-electron chi connectivity index (χ4n) is 4.53. The van der Waals surface area contributed by atoms with Crippen LogP contribution in [-0.4, -0.2) is 36.3 Å². The second-order valence-electron chi connectivity index (χ2n) is 7.76. The number of hydrogen-bond acceptors (Lipinski definition) is 2. The summed E-state index contributed by atoms with van der Waals surface area (Å²) in [7, 11) is 0. The van der Waals surface area contributed by atoms with Crippen LogP contribution in [0.5, 0.6) is 0 Å². The van der Waals surface area contributed by atoms with Crippen molar-refractivity contribution in [3.8, 4) is 0 Å². The third-order valence-corrected chi connectivity index (χ3v) is 5.87. The predicted octanol–water partition coefficient (Wildman–Crippen LogP) is 2.48. The molecule has 3 aliphatic rings. The van der Waals surface area contributed by atoms with Crippen LogP contribution in [-0.2, 0) is 9.59 Å². The van der Waals surface area contributed by atoms with Crippen LogP contribution in [0.3, 0.4) is 0 Å². The maximum Gasteiger partial charge on any atom is 0.228 e. The summed E-state index contributed by atoms with van der Waals surface area (Å²) in [6, 6.07) is 0. The molecule has 3 rings (SSSR count). The number of amides is 2. The molecule has 1 unspecified atom stereocenters. The monoisotopic (exact) mass is 292 g/mol. The van der Waals surface area contributed by atoms with E-state index in [0.29, 0.717) is 12.3 Å². The Balaban J connectivity index is 1.70. The maximum absolute atomic E-state index is 13.1. The molecule has 0 aromatic rings. The maximum atomic E-state index is 13.1. The molecule has 1 atom stereocenters. The molecule has 0 radical (unpaired) electrons. The Morgan fingerprint density at radius 2 is 1.81 bits per heavy atom. The lowest BCUT2D eigenvalue weighted by atomic mass is 9.76. The van der Waals surface area contributed by atoms with Gasteiger partial charge in [0.15, 0.2) is 0 Å². The number of piperidine rings is 1. The van der Waals surface area contributed by atoms with Crippen molar-refractivity contribution >= 4 is 11.8 Å². The van der Waals surface area contributed by atoms with Gasteiger partial charge in [-0.05, 0) is 25.7 Å². The van der Waals surface area contributed by atoms with Crippen molar-refractivity contribution in [3.63, 3.8) is 0 Å². The molecule has 1 aliphatic carbocycles. The van der Waals surface area contributed by atoms with Crippen molar-refractivity contribution in [1.29, 1.82) is 0 Å². The van der Waals surface area contributed by atoms with E-state index >= 15 is 0 Å². The average Bonchev–Trinajstić information content (AvgIpc) is 2.69. The number of likely N-dealkylation sites (tertiary alicyclic amines) is 1. The van der Waals surface area contributed by atoms with Crippen molar-refractivity contribution in [2.75, 3.05) is 19.6 Å². The zero-order valence-corrected chi connectivity index (χ0v) is 13.2. The van der Waals surface area contributed by atoms with E-state index in [9.17, 15) is 9.59 Å². The van der Waals surface area contributed by atoms with Crippen LogP contribution < -0.4 is 5.32 Å². The first-order chi connectivity index (χ1) is 10.0. The number of hydrogen-bond donors (Lipinski definition) is 1. The summed E-state index contributed by atoms with van der Waals surface area (Å²) in [5, 5.41) is 2.96. The molecule has 21 heavy (non-hydrogen) atoms. The first-order valence-corrected chi connectivity index (χ1v) is 8.59. The fraction of sp³-hybridized carbons (Fsp3) is 0.882. The molecule has 0 bridgehead atoms. The van der Waals surface area contributed by atoms with Gasteiger partial charge in [-0.1, -0.05) is 32.6 Å². The second kappa shape index (κ2) is 5.62. The molecule has 2 saturated heterocycles. The van der Waals surface area contributed by atoms with Gasteiger partial charge in [0.05, 0.1) is 0 Å². The van der Waals surface area contributed by atoms with Crippen molar-refractivity contribution in [2.45, 2.75) is 64.7 Å². The van der Waals surface area contributed by atoms with Gasteiger partial charge in [-0.2, -0.15) is 0 Å². The predicted molar refractivity (Wildman–Crippen MR) is 81.7 cm³/mol. The lowest BCUT2D eigenvalue weighted by Crippen LogP contribution is -2.51. The zero-order valence-electron chi connectivity index (χ0n) is 13.2. The minimum Gasteiger partial charge on any atom is -0.355 e. The average molecular weight is 292 g/mol. The highest BCUT2D eigenvalue weighted by atomic mass is 16.2. The van der Waals surface area contributed by atoms with Crippen LogP contribution in [0.4, 0.5) is 0 Å². The van der Waals surface area contributed by atoms with Gasteiger partial charge in [0, 0.05) is 36.9 Å². The van der Waals surface area contributed by atoms with E-state index in [1.54, 1.807) is 0 Å². The van der Waals surface area contributed by atoms with Crippen LogP contribution >= 0.6 is 0 Å².